The molecule has 0 bridgehead atoms. The monoisotopic (exact) mass is 365 g/mol. The van der Waals surface area contributed by atoms with E-state index in [9.17, 15) is 4.79 Å². The van der Waals surface area contributed by atoms with Crippen LogP contribution in [0.25, 0.3) is 0 Å². The average molecular weight is 366 g/mol. The van der Waals surface area contributed by atoms with E-state index in [0.717, 1.165) is 15.5 Å². The molecule has 0 saturated heterocycles. The van der Waals surface area contributed by atoms with Crippen LogP contribution in [0.15, 0.2) is 41.8 Å². The van der Waals surface area contributed by atoms with Crippen molar-refractivity contribution in [2.75, 3.05) is 6.66 Å². The number of benzene rings is 1. The standard InChI is InChI=1S/C18H24NOPS2/c1-13(2)19(14(3)4)18(20)17-16(11-12-23-17)21(5,22)15-9-7-6-8-10-15/h6-14H,1-5H3. The van der Waals surface area contributed by atoms with Crippen LogP contribution in [-0.4, -0.2) is 29.6 Å². The van der Waals surface area contributed by atoms with E-state index in [-0.39, 0.29) is 18.0 Å². The maximum atomic E-state index is 13.1. The van der Waals surface area contributed by atoms with Crippen LogP contribution in [-0.2, 0) is 11.8 Å². The van der Waals surface area contributed by atoms with Gasteiger partial charge in [0.2, 0.25) is 0 Å². The van der Waals surface area contributed by atoms with Crippen molar-refractivity contribution in [1.82, 2.24) is 4.90 Å². The lowest BCUT2D eigenvalue weighted by Crippen LogP contribution is -2.43. The van der Waals surface area contributed by atoms with Gasteiger partial charge in [0.15, 0.2) is 0 Å². The average Bonchev–Trinajstić information content (AvgIpc) is 2.97. The highest BCUT2D eigenvalue weighted by Crippen LogP contribution is 2.42. The molecular formula is C18H24NOPS2. The van der Waals surface area contributed by atoms with Crippen LogP contribution in [0.2, 0.25) is 0 Å². The Morgan fingerprint density at radius 1 is 1.09 bits per heavy atom. The van der Waals surface area contributed by atoms with Gasteiger partial charge >= 0.3 is 0 Å². The van der Waals surface area contributed by atoms with Crippen LogP contribution in [0.4, 0.5) is 0 Å². The van der Waals surface area contributed by atoms with Gasteiger partial charge in [-0.3, -0.25) is 4.79 Å². The second kappa shape index (κ2) is 7.29. The Bertz CT molecular complexity index is 714. The Morgan fingerprint density at radius 2 is 1.65 bits per heavy atom. The van der Waals surface area contributed by atoms with Gasteiger partial charge in [-0.25, -0.2) is 0 Å². The van der Waals surface area contributed by atoms with Crippen molar-refractivity contribution in [3.8, 4) is 0 Å². The van der Waals surface area contributed by atoms with Gasteiger partial charge in [0.05, 0.1) is 0 Å². The summed E-state index contributed by atoms with van der Waals surface area (Å²) < 4.78 is 0. The van der Waals surface area contributed by atoms with E-state index in [1.54, 1.807) is 0 Å². The Morgan fingerprint density at radius 3 is 2.17 bits per heavy atom. The summed E-state index contributed by atoms with van der Waals surface area (Å²) in [7, 11) is 0. The molecule has 1 amide bonds. The number of thiophene rings is 1. The highest BCUT2D eigenvalue weighted by Gasteiger charge is 2.29. The first-order valence-electron chi connectivity index (χ1n) is 7.80. The smallest absolute Gasteiger partial charge is 0.265 e. The first kappa shape index (κ1) is 18.4. The largest absolute Gasteiger partial charge is 0.333 e. The summed E-state index contributed by atoms with van der Waals surface area (Å²) in [5.74, 6) is 0.104. The predicted molar refractivity (Wildman–Crippen MR) is 107 cm³/mol. The maximum absolute atomic E-state index is 13.1. The van der Waals surface area contributed by atoms with Crippen molar-refractivity contribution in [3.63, 3.8) is 0 Å². The van der Waals surface area contributed by atoms with Crippen molar-refractivity contribution >= 4 is 45.7 Å². The summed E-state index contributed by atoms with van der Waals surface area (Å²) in [4.78, 5) is 15.8. The van der Waals surface area contributed by atoms with Crippen LogP contribution < -0.4 is 10.6 Å². The minimum absolute atomic E-state index is 0.104. The molecule has 0 saturated carbocycles. The van der Waals surface area contributed by atoms with Gasteiger partial charge in [-0.15, -0.1) is 11.3 Å². The molecule has 0 aliphatic heterocycles. The van der Waals surface area contributed by atoms with E-state index in [1.807, 2.05) is 34.5 Å². The van der Waals surface area contributed by atoms with Crippen LogP contribution in [0.3, 0.4) is 0 Å². The van der Waals surface area contributed by atoms with Crippen LogP contribution >= 0.6 is 17.4 Å². The number of hydrogen-bond donors (Lipinski definition) is 0. The third kappa shape index (κ3) is 3.76. The summed E-state index contributed by atoms with van der Waals surface area (Å²) in [6, 6.07) is 10.6. The molecule has 124 valence electrons. The van der Waals surface area contributed by atoms with E-state index in [0.29, 0.717) is 0 Å². The minimum Gasteiger partial charge on any atom is -0.333 e. The molecule has 1 atom stereocenters. The van der Waals surface area contributed by atoms with Gasteiger partial charge in [-0.2, -0.15) is 0 Å². The van der Waals surface area contributed by atoms with Crippen molar-refractivity contribution in [3.05, 3.63) is 46.7 Å². The number of carbonyl (C=O) groups is 1. The molecular weight excluding hydrogens is 341 g/mol. The number of hydrogen-bond acceptors (Lipinski definition) is 3. The highest BCUT2D eigenvalue weighted by molar-refractivity contribution is 8.21. The third-order valence-corrected chi connectivity index (χ3v) is 8.75. The fourth-order valence-corrected chi connectivity index (χ4v) is 7.23. The first-order valence-corrected chi connectivity index (χ1v) is 11.9. The van der Waals surface area contributed by atoms with Crippen molar-refractivity contribution in [2.45, 2.75) is 39.8 Å². The zero-order chi connectivity index (χ0) is 17.2. The Balaban J connectivity index is 2.48. The summed E-state index contributed by atoms with van der Waals surface area (Å²) in [6.07, 6.45) is 0. The molecule has 1 heterocycles. The van der Waals surface area contributed by atoms with Crippen LogP contribution in [0.5, 0.6) is 0 Å². The molecule has 0 aliphatic rings. The van der Waals surface area contributed by atoms with Gasteiger partial charge in [0.25, 0.3) is 5.91 Å². The van der Waals surface area contributed by atoms with Gasteiger partial charge < -0.3 is 4.90 Å². The van der Waals surface area contributed by atoms with Gasteiger partial charge in [0, 0.05) is 23.4 Å². The van der Waals surface area contributed by atoms with E-state index in [4.69, 9.17) is 11.8 Å². The molecule has 1 aromatic carbocycles. The molecule has 2 aromatic rings. The topological polar surface area (TPSA) is 20.3 Å². The van der Waals surface area contributed by atoms with Crippen molar-refractivity contribution in [2.24, 2.45) is 0 Å². The normalized spacial score (nSPS) is 14.0. The van der Waals surface area contributed by atoms with Crippen molar-refractivity contribution in [1.29, 1.82) is 0 Å². The van der Waals surface area contributed by atoms with E-state index in [1.165, 1.54) is 11.3 Å². The summed E-state index contributed by atoms with van der Waals surface area (Å²) in [5.41, 5.74) is 0. The lowest BCUT2D eigenvalue weighted by Gasteiger charge is -2.31. The fraction of sp³-hybridized carbons (Fsp3) is 0.389. The van der Waals surface area contributed by atoms with Crippen LogP contribution in [0, 0.1) is 0 Å². The van der Waals surface area contributed by atoms with E-state index in [2.05, 4.69) is 46.5 Å². The summed E-state index contributed by atoms with van der Waals surface area (Å²) in [5, 5.41) is 4.19. The molecule has 2 rings (SSSR count). The second-order valence-electron chi connectivity index (χ2n) is 6.29. The predicted octanol–water partition coefficient (Wildman–Crippen LogP) is 4.07. The molecule has 23 heavy (non-hydrogen) atoms. The number of amides is 1. The summed E-state index contributed by atoms with van der Waals surface area (Å²) in [6.45, 7) is 10.4. The first-order chi connectivity index (χ1) is 10.8. The molecule has 0 spiro atoms. The zero-order valence-electron chi connectivity index (χ0n) is 14.3. The number of rotatable bonds is 5. The van der Waals surface area contributed by atoms with Crippen molar-refractivity contribution < 1.29 is 4.79 Å². The molecule has 0 fully saturated rings. The quantitative estimate of drug-likeness (QED) is 0.745. The Kier molecular flexibility index (Phi) is 5.83. The third-order valence-electron chi connectivity index (χ3n) is 3.89. The fourth-order valence-electron chi connectivity index (χ4n) is 2.83. The van der Waals surface area contributed by atoms with Gasteiger partial charge in [0.1, 0.15) is 4.88 Å². The molecule has 5 heteroatoms. The molecule has 0 N–H and O–H groups in total. The molecule has 1 unspecified atom stereocenters. The second-order valence-corrected chi connectivity index (χ2v) is 12.2. The Labute approximate surface area is 148 Å². The van der Waals surface area contributed by atoms with Crippen LogP contribution in [0.1, 0.15) is 37.4 Å². The number of nitrogens with zero attached hydrogens (tertiary/aromatic N) is 1. The zero-order valence-corrected chi connectivity index (χ0v) is 16.8. The molecule has 0 aliphatic carbocycles. The molecule has 0 radical (unpaired) electrons. The minimum atomic E-state index is -1.94. The SMILES string of the molecule is CC(C)N(C(=O)c1sccc1P(C)(=S)c1ccccc1)C(C)C. The maximum Gasteiger partial charge on any atom is 0.265 e. The van der Waals surface area contributed by atoms with E-state index < -0.39 is 6.04 Å². The van der Waals surface area contributed by atoms with Gasteiger partial charge in [-0.1, -0.05) is 42.1 Å². The van der Waals surface area contributed by atoms with Gasteiger partial charge in [-0.05, 0) is 51.1 Å². The summed E-state index contributed by atoms with van der Waals surface area (Å²) >= 11 is 7.51. The molecule has 2 nitrogen and oxygen atoms in total. The Hall–Kier alpha value is -0.960. The lowest BCUT2D eigenvalue weighted by molar-refractivity contribution is 0.0650. The lowest BCUT2D eigenvalue weighted by atomic mass is 10.2. The number of carbonyl (C=O) groups excluding carboxylic acids is 1. The highest BCUT2D eigenvalue weighted by atomic mass is 32.4. The molecule has 1 aromatic heterocycles. The van der Waals surface area contributed by atoms with E-state index >= 15 is 0 Å².